The van der Waals surface area contributed by atoms with Gasteiger partial charge in [-0.15, -0.1) is 0 Å². The van der Waals surface area contributed by atoms with Crippen LogP contribution in [-0.2, 0) is 19.2 Å². The Kier molecular flexibility index (Phi) is 10.2. The van der Waals surface area contributed by atoms with Crippen molar-refractivity contribution in [3.8, 4) is 0 Å². The summed E-state index contributed by atoms with van der Waals surface area (Å²) in [5.74, 6) is -2.95. The van der Waals surface area contributed by atoms with Crippen molar-refractivity contribution in [3.63, 3.8) is 0 Å². The number of carbonyl (C=O) groups excluding carboxylic acids is 3. The number of hydrogen-bond donors (Lipinski definition) is 5. The van der Waals surface area contributed by atoms with Crippen molar-refractivity contribution < 1.29 is 24.3 Å². The van der Waals surface area contributed by atoms with Crippen LogP contribution < -0.4 is 22.1 Å². The monoisotopic (exact) mass is 348 g/mol. The standard InChI is InChI=1S/C13H24N4O5S/c1-3-7(14)11(20)17-13(22)9(6-10(18)19)16-12(21)8(15)4-5-23-2/h7-9H,3-6,14-15H2,1-2H3,(H,16,21)(H,18,19)(H,17,20,22)/t7?,8-,9-/m0/s1. The quantitative estimate of drug-likeness (QED) is 0.315. The van der Waals surface area contributed by atoms with Gasteiger partial charge in [0.05, 0.1) is 18.5 Å². The molecule has 10 heteroatoms. The van der Waals surface area contributed by atoms with Crippen LogP contribution in [0.5, 0.6) is 0 Å². The van der Waals surface area contributed by atoms with Gasteiger partial charge in [-0.05, 0) is 24.9 Å². The second-order valence-electron chi connectivity index (χ2n) is 4.92. The van der Waals surface area contributed by atoms with E-state index in [1.165, 1.54) is 11.8 Å². The molecule has 7 N–H and O–H groups in total. The molecule has 0 bridgehead atoms. The second-order valence-corrected chi connectivity index (χ2v) is 5.90. The van der Waals surface area contributed by atoms with E-state index in [9.17, 15) is 19.2 Å². The zero-order valence-corrected chi connectivity index (χ0v) is 14.0. The third-order valence-electron chi connectivity index (χ3n) is 3.00. The molecule has 132 valence electrons. The Morgan fingerprint density at radius 2 is 1.70 bits per heavy atom. The van der Waals surface area contributed by atoms with Crippen LogP contribution in [0.15, 0.2) is 0 Å². The van der Waals surface area contributed by atoms with Crippen molar-refractivity contribution in [2.75, 3.05) is 12.0 Å². The molecular weight excluding hydrogens is 324 g/mol. The first kappa shape index (κ1) is 21.4. The first-order valence-electron chi connectivity index (χ1n) is 7.09. The molecule has 0 aromatic rings. The Morgan fingerprint density at radius 3 is 2.17 bits per heavy atom. The van der Waals surface area contributed by atoms with E-state index in [1.54, 1.807) is 6.92 Å². The smallest absolute Gasteiger partial charge is 0.305 e. The summed E-state index contributed by atoms with van der Waals surface area (Å²) < 4.78 is 0. The average Bonchev–Trinajstić information content (AvgIpc) is 2.50. The van der Waals surface area contributed by atoms with Crippen molar-refractivity contribution in [1.82, 2.24) is 10.6 Å². The molecule has 9 nitrogen and oxygen atoms in total. The van der Waals surface area contributed by atoms with E-state index >= 15 is 0 Å². The summed E-state index contributed by atoms with van der Waals surface area (Å²) in [6.07, 6.45) is 1.89. The molecule has 0 heterocycles. The number of hydrogen-bond acceptors (Lipinski definition) is 7. The predicted octanol–water partition coefficient (Wildman–Crippen LogP) is -1.59. The van der Waals surface area contributed by atoms with Gasteiger partial charge in [0.1, 0.15) is 6.04 Å². The zero-order chi connectivity index (χ0) is 18.0. The minimum atomic E-state index is -1.40. The Hall–Kier alpha value is -1.65. The lowest BCUT2D eigenvalue weighted by Gasteiger charge is -2.19. The lowest BCUT2D eigenvalue weighted by atomic mass is 10.1. The molecule has 0 aliphatic carbocycles. The summed E-state index contributed by atoms with van der Waals surface area (Å²) in [4.78, 5) is 46.3. The number of nitrogens with two attached hydrogens (primary N) is 2. The number of rotatable bonds is 10. The molecular formula is C13H24N4O5S. The summed E-state index contributed by atoms with van der Waals surface area (Å²) >= 11 is 1.51. The van der Waals surface area contributed by atoms with Gasteiger partial charge in [-0.3, -0.25) is 24.5 Å². The maximum atomic E-state index is 12.0. The minimum absolute atomic E-state index is 0.314. The number of imide groups is 1. The van der Waals surface area contributed by atoms with E-state index in [1.807, 2.05) is 11.6 Å². The average molecular weight is 348 g/mol. The molecule has 0 rings (SSSR count). The molecule has 0 aliphatic heterocycles. The first-order valence-corrected chi connectivity index (χ1v) is 8.49. The van der Waals surface area contributed by atoms with Crippen LogP contribution in [0.3, 0.4) is 0 Å². The Morgan fingerprint density at radius 1 is 1.09 bits per heavy atom. The number of aliphatic carboxylic acids is 1. The third-order valence-corrected chi connectivity index (χ3v) is 3.65. The van der Waals surface area contributed by atoms with E-state index in [0.29, 0.717) is 18.6 Å². The number of amides is 3. The van der Waals surface area contributed by atoms with Crippen LogP contribution in [0.25, 0.3) is 0 Å². The lowest BCUT2D eigenvalue weighted by Crippen LogP contribution is -2.55. The Labute approximate surface area is 138 Å². The number of carbonyl (C=O) groups is 4. The molecule has 3 atom stereocenters. The normalized spacial score (nSPS) is 14.4. The van der Waals surface area contributed by atoms with Crippen LogP contribution in [0.1, 0.15) is 26.2 Å². The summed E-state index contributed by atoms with van der Waals surface area (Å²) in [6.45, 7) is 1.66. The summed E-state index contributed by atoms with van der Waals surface area (Å²) in [6, 6.07) is -3.14. The summed E-state index contributed by atoms with van der Waals surface area (Å²) in [5, 5.41) is 13.1. The van der Waals surface area contributed by atoms with Crippen molar-refractivity contribution in [2.45, 2.75) is 44.3 Å². The van der Waals surface area contributed by atoms with Crippen molar-refractivity contribution in [3.05, 3.63) is 0 Å². The van der Waals surface area contributed by atoms with Gasteiger partial charge in [0.25, 0.3) is 0 Å². The van der Waals surface area contributed by atoms with Crippen LogP contribution >= 0.6 is 11.8 Å². The maximum Gasteiger partial charge on any atom is 0.305 e. The summed E-state index contributed by atoms with van der Waals surface area (Å²) in [5.41, 5.74) is 11.1. The van der Waals surface area contributed by atoms with E-state index in [-0.39, 0.29) is 0 Å². The van der Waals surface area contributed by atoms with Gasteiger partial charge in [0.15, 0.2) is 0 Å². The number of nitrogens with one attached hydrogen (secondary N) is 2. The Balaban J connectivity index is 4.80. The van der Waals surface area contributed by atoms with Gasteiger partial charge in [0.2, 0.25) is 17.7 Å². The molecule has 0 saturated heterocycles. The van der Waals surface area contributed by atoms with E-state index < -0.39 is 48.2 Å². The van der Waals surface area contributed by atoms with Gasteiger partial charge < -0.3 is 21.9 Å². The molecule has 0 radical (unpaired) electrons. The van der Waals surface area contributed by atoms with E-state index in [2.05, 4.69) is 5.32 Å². The molecule has 0 saturated carbocycles. The third kappa shape index (κ3) is 8.53. The predicted molar refractivity (Wildman–Crippen MR) is 86.6 cm³/mol. The first-order chi connectivity index (χ1) is 10.7. The molecule has 3 amide bonds. The fourth-order valence-electron chi connectivity index (χ4n) is 1.53. The lowest BCUT2D eigenvalue weighted by molar-refractivity contribution is -0.142. The number of thioether (sulfide) groups is 1. The molecule has 23 heavy (non-hydrogen) atoms. The molecule has 0 aromatic carbocycles. The highest BCUT2D eigenvalue weighted by Crippen LogP contribution is 2.01. The molecule has 0 fully saturated rings. The van der Waals surface area contributed by atoms with Gasteiger partial charge >= 0.3 is 5.97 Å². The van der Waals surface area contributed by atoms with Crippen molar-refractivity contribution in [1.29, 1.82) is 0 Å². The van der Waals surface area contributed by atoms with Crippen molar-refractivity contribution in [2.24, 2.45) is 11.5 Å². The van der Waals surface area contributed by atoms with E-state index in [4.69, 9.17) is 16.6 Å². The van der Waals surface area contributed by atoms with Crippen LogP contribution in [0.2, 0.25) is 0 Å². The largest absolute Gasteiger partial charge is 0.481 e. The van der Waals surface area contributed by atoms with Crippen LogP contribution in [0.4, 0.5) is 0 Å². The van der Waals surface area contributed by atoms with E-state index in [0.717, 1.165) is 0 Å². The summed E-state index contributed by atoms with van der Waals surface area (Å²) in [7, 11) is 0. The van der Waals surface area contributed by atoms with Crippen LogP contribution in [-0.4, -0.2) is 58.9 Å². The highest BCUT2D eigenvalue weighted by Gasteiger charge is 2.28. The molecule has 0 spiro atoms. The molecule has 0 aromatic heterocycles. The van der Waals surface area contributed by atoms with Crippen LogP contribution in [0, 0.1) is 0 Å². The van der Waals surface area contributed by atoms with Gasteiger partial charge in [0, 0.05) is 0 Å². The second kappa shape index (κ2) is 11.0. The maximum absolute atomic E-state index is 12.0. The zero-order valence-electron chi connectivity index (χ0n) is 13.2. The Bertz CT molecular complexity index is 446. The number of carboxylic acids is 1. The highest BCUT2D eigenvalue weighted by atomic mass is 32.2. The van der Waals surface area contributed by atoms with Crippen molar-refractivity contribution >= 4 is 35.5 Å². The number of carboxylic acid groups (broad SMARTS) is 1. The minimum Gasteiger partial charge on any atom is -0.481 e. The highest BCUT2D eigenvalue weighted by molar-refractivity contribution is 7.98. The van der Waals surface area contributed by atoms with Gasteiger partial charge in [-0.2, -0.15) is 11.8 Å². The molecule has 0 aliphatic rings. The molecule has 1 unspecified atom stereocenters. The fraction of sp³-hybridized carbons (Fsp3) is 0.692. The topological polar surface area (TPSA) is 165 Å². The van der Waals surface area contributed by atoms with Gasteiger partial charge in [-0.1, -0.05) is 6.92 Å². The van der Waals surface area contributed by atoms with Gasteiger partial charge in [-0.25, -0.2) is 0 Å². The SMILES string of the molecule is CCC(N)C(=O)NC(=O)[C@H](CC(=O)O)NC(=O)[C@@H](N)CCSC. The fourth-order valence-corrected chi connectivity index (χ4v) is 2.01.